The number of urea groups is 1. The Labute approximate surface area is 162 Å². The molecular weight excluding hydrogens is 356 g/mol. The van der Waals surface area contributed by atoms with Gasteiger partial charge in [-0.3, -0.25) is 14.5 Å². The number of hydrogen-bond donors (Lipinski definition) is 3. The van der Waals surface area contributed by atoms with Crippen LogP contribution >= 0.6 is 0 Å². The average molecular weight is 378 g/mol. The fourth-order valence-corrected chi connectivity index (χ4v) is 3.79. The van der Waals surface area contributed by atoms with Gasteiger partial charge in [-0.15, -0.1) is 0 Å². The highest BCUT2D eigenvalue weighted by Crippen LogP contribution is 2.31. The van der Waals surface area contributed by atoms with Gasteiger partial charge < -0.3 is 16.4 Å². The van der Waals surface area contributed by atoms with E-state index in [0.717, 1.165) is 36.1 Å². The third kappa shape index (κ3) is 3.55. The molecule has 0 aromatic heterocycles. The Balaban J connectivity index is 1.43. The lowest BCUT2D eigenvalue weighted by molar-refractivity contribution is -0.125. The van der Waals surface area contributed by atoms with E-state index < -0.39 is 0 Å². The third-order valence-electron chi connectivity index (χ3n) is 5.28. The van der Waals surface area contributed by atoms with Gasteiger partial charge in [0.15, 0.2) is 0 Å². The Bertz CT molecular complexity index is 923. The van der Waals surface area contributed by atoms with E-state index in [-0.39, 0.29) is 37.0 Å². The number of imide groups is 1. The van der Waals surface area contributed by atoms with Crippen LogP contribution in [-0.4, -0.2) is 29.3 Å². The van der Waals surface area contributed by atoms with E-state index in [1.54, 1.807) is 24.3 Å². The second kappa shape index (κ2) is 7.34. The first-order valence-electron chi connectivity index (χ1n) is 9.37. The molecule has 1 fully saturated rings. The first-order chi connectivity index (χ1) is 13.5. The lowest BCUT2D eigenvalue weighted by Crippen LogP contribution is -2.31. The number of benzene rings is 2. The summed E-state index contributed by atoms with van der Waals surface area (Å²) in [5.74, 6) is -0.389. The third-order valence-corrected chi connectivity index (χ3v) is 5.28. The van der Waals surface area contributed by atoms with Crippen LogP contribution in [0.4, 0.5) is 10.5 Å². The second-order valence-electron chi connectivity index (χ2n) is 7.21. The number of carbonyl (C=O) groups excluding carboxylic acids is 3. The van der Waals surface area contributed by atoms with E-state index in [0.29, 0.717) is 5.56 Å². The van der Waals surface area contributed by atoms with Crippen LogP contribution in [0.25, 0.3) is 0 Å². The van der Waals surface area contributed by atoms with Crippen LogP contribution in [0.5, 0.6) is 0 Å². The van der Waals surface area contributed by atoms with E-state index >= 15 is 0 Å². The molecule has 1 atom stereocenters. The number of nitrogens with one attached hydrogen (secondary N) is 2. The standard InChI is InChI=1S/C21H22N4O3/c22-16-8-9-17-15(10-16)2-1-3-18(17)24-20(27)14-6-4-13(5-7-14)12-25-19(26)11-23-21(25)28/h4-10,18H,1-3,11-12,22H2,(H,23,28)(H,24,27). The van der Waals surface area contributed by atoms with Crippen LogP contribution in [0.15, 0.2) is 42.5 Å². The van der Waals surface area contributed by atoms with Gasteiger partial charge in [0.25, 0.3) is 5.91 Å². The van der Waals surface area contributed by atoms with Crippen molar-refractivity contribution >= 4 is 23.5 Å². The predicted octanol–water partition coefficient (Wildman–Crippen LogP) is 2.13. The molecule has 144 valence electrons. The lowest BCUT2D eigenvalue weighted by atomic mass is 9.87. The number of amides is 4. The van der Waals surface area contributed by atoms with Crippen molar-refractivity contribution < 1.29 is 14.4 Å². The van der Waals surface area contributed by atoms with Crippen molar-refractivity contribution in [2.24, 2.45) is 0 Å². The molecule has 1 aliphatic carbocycles. The first kappa shape index (κ1) is 18.0. The number of hydrogen-bond acceptors (Lipinski definition) is 4. The highest BCUT2D eigenvalue weighted by Gasteiger charge is 2.28. The van der Waals surface area contributed by atoms with E-state index in [1.807, 2.05) is 18.2 Å². The molecular formula is C21H22N4O3. The van der Waals surface area contributed by atoms with Crippen LogP contribution in [0.3, 0.4) is 0 Å². The van der Waals surface area contributed by atoms with Gasteiger partial charge in [-0.05, 0) is 60.2 Å². The SMILES string of the molecule is Nc1ccc2c(c1)CCCC2NC(=O)c1ccc(CN2C(=O)CNC2=O)cc1. The molecule has 4 rings (SSSR count). The van der Waals surface area contributed by atoms with Gasteiger partial charge in [0, 0.05) is 11.3 Å². The number of aryl methyl sites for hydroxylation is 1. The average Bonchev–Trinajstić information content (AvgIpc) is 3.00. The van der Waals surface area contributed by atoms with Gasteiger partial charge in [-0.25, -0.2) is 4.79 Å². The molecule has 1 saturated heterocycles. The van der Waals surface area contributed by atoms with E-state index in [2.05, 4.69) is 10.6 Å². The summed E-state index contributed by atoms with van der Waals surface area (Å²) in [6.45, 7) is 0.234. The van der Waals surface area contributed by atoms with Crippen LogP contribution < -0.4 is 16.4 Å². The normalized spacial score (nSPS) is 18.6. The van der Waals surface area contributed by atoms with Crippen molar-refractivity contribution in [2.45, 2.75) is 31.8 Å². The summed E-state index contributed by atoms with van der Waals surface area (Å²) in [6.07, 6.45) is 2.88. The first-order valence-corrected chi connectivity index (χ1v) is 9.37. The van der Waals surface area contributed by atoms with Crippen molar-refractivity contribution in [3.63, 3.8) is 0 Å². The smallest absolute Gasteiger partial charge is 0.324 e. The van der Waals surface area contributed by atoms with Crippen molar-refractivity contribution in [1.82, 2.24) is 15.5 Å². The van der Waals surface area contributed by atoms with Gasteiger partial charge in [0.05, 0.1) is 19.1 Å². The number of nitrogens with zero attached hydrogens (tertiary/aromatic N) is 1. The van der Waals surface area contributed by atoms with Gasteiger partial charge in [-0.1, -0.05) is 18.2 Å². The molecule has 0 saturated carbocycles. The minimum atomic E-state index is -0.386. The van der Waals surface area contributed by atoms with E-state index in [4.69, 9.17) is 5.73 Å². The maximum atomic E-state index is 12.7. The maximum absolute atomic E-state index is 12.7. The zero-order valence-corrected chi connectivity index (χ0v) is 15.4. The van der Waals surface area contributed by atoms with Gasteiger partial charge in [0.2, 0.25) is 5.91 Å². The number of fused-ring (bicyclic) bond motifs is 1. The summed E-state index contributed by atoms with van der Waals surface area (Å²) in [4.78, 5) is 37.2. The predicted molar refractivity (Wildman–Crippen MR) is 104 cm³/mol. The summed E-state index contributed by atoms with van der Waals surface area (Å²) in [5, 5.41) is 5.60. The van der Waals surface area contributed by atoms with Crippen molar-refractivity contribution in [3.8, 4) is 0 Å². The zero-order chi connectivity index (χ0) is 19.7. The number of anilines is 1. The summed E-state index contributed by atoms with van der Waals surface area (Å²) < 4.78 is 0. The van der Waals surface area contributed by atoms with Crippen LogP contribution in [0.1, 0.15) is 45.9 Å². The largest absolute Gasteiger partial charge is 0.399 e. The maximum Gasteiger partial charge on any atom is 0.324 e. The van der Waals surface area contributed by atoms with Crippen LogP contribution in [0, 0.1) is 0 Å². The van der Waals surface area contributed by atoms with Gasteiger partial charge in [0.1, 0.15) is 0 Å². The molecule has 1 aliphatic heterocycles. The molecule has 1 unspecified atom stereocenters. The summed E-state index contributed by atoms with van der Waals surface area (Å²) in [6, 6.07) is 12.4. The highest BCUT2D eigenvalue weighted by molar-refractivity contribution is 6.01. The molecule has 1 heterocycles. The Hall–Kier alpha value is -3.35. The minimum Gasteiger partial charge on any atom is -0.399 e. The van der Waals surface area contributed by atoms with Crippen LogP contribution in [-0.2, 0) is 17.8 Å². The highest BCUT2D eigenvalue weighted by atomic mass is 16.2. The molecule has 2 aromatic carbocycles. The molecule has 4 N–H and O–H groups in total. The molecule has 7 nitrogen and oxygen atoms in total. The Morgan fingerprint density at radius 1 is 1.18 bits per heavy atom. The fraction of sp³-hybridized carbons (Fsp3) is 0.286. The molecule has 0 bridgehead atoms. The number of nitrogens with two attached hydrogens (primary N) is 1. The Morgan fingerprint density at radius 3 is 2.68 bits per heavy atom. The number of carbonyl (C=O) groups is 3. The van der Waals surface area contributed by atoms with Crippen LogP contribution in [0.2, 0.25) is 0 Å². The summed E-state index contributed by atoms with van der Waals surface area (Å²) in [5.41, 5.74) is 10.3. The van der Waals surface area contributed by atoms with E-state index in [1.165, 1.54) is 10.5 Å². The van der Waals surface area contributed by atoms with Crippen molar-refractivity contribution in [1.29, 1.82) is 0 Å². The molecule has 2 aliphatic rings. The Morgan fingerprint density at radius 2 is 1.96 bits per heavy atom. The number of rotatable bonds is 4. The zero-order valence-electron chi connectivity index (χ0n) is 15.4. The second-order valence-corrected chi connectivity index (χ2v) is 7.21. The van der Waals surface area contributed by atoms with Crippen molar-refractivity contribution in [2.75, 3.05) is 12.3 Å². The van der Waals surface area contributed by atoms with Crippen molar-refractivity contribution in [3.05, 3.63) is 64.7 Å². The molecule has 28 heavy (non-hydrogen) atoms. The minimum absolute atomic E-state index is 0.0255. The quantitative estimate of drug-likeness (QED) is 0.560. The summed E-state index contributed by atoms with van der Waals surface area (Å²) >= 11 is 0. The Kier molecular flexibility index (Phi) is 4.73. The lowest BCUT2D eigenvalue weighted by Gasteiger charge is -2.26. The molecule has 7 heteroatoms. The molecule has 0 spiro atoms. The summed E-state index contributed by atoms with van der Waals surface area (Å²) in [7, 11) is 0. The molecule has 0 radical (unpaired) electrons. The fourth-order valence-electron chi connectivity index (χ4n) is 3.79. The topological polar surface area (TPSA) is 105 Å². The van der Waals surface area contributed by atoms with Gasteiger partial charge >= 0.3 is 6.03 Å². The molecule has 4 amide bonds. The monoisotopic (exact) mass is 378 g/mol. The molecule has 2 aromatic rings. The van der Waals surface area contributed by atoms with E-state index in [9.17, 15) is 14.4 Å². The van der Waals surface area contributed by atoms with Gasteiger partial charge in [-0.2, -0.15) is 0 Å². The number of nitrogen functional groups attached to an aromatic ring is 1.